The zero-order chi connectivity index (χ0) is 13.8. The summed E-state index contributed by atoms with van der Waals surface area (Å²) in [5, 5.41) is 0. The first-order valence-electron chi connectivity index (χ1n) is 6.38. The molecule has 5 heteroatoms. The van der Waals surface area contributed by atoms with Crippen LogP contribution in [0, 0.1) is 11.6 Å². The fraction of sp³-hybridized carbons (Fsp3) is 0.500. The van der Waals surface area contributed by atoms with Gasteiger partial charge in [0, 0.05) is 13.0 Å². The van der Waals surface area contributed by atoms with Gasteiger partial charge in [-0.25, -0.2) is 8.78 Å². The van der Waals surface area contributed by atoms with Gasteiger partial charge in [0.15, 0.2) is 11.6 Å². The Morgan fingerprint density at radius 2 is 2.16 bits per heavy atom. The molecule has 1 unspecified atom stereocenters. The van der Waals surface area contributed by atoms with Crippen molar-refractivity contribution >= 4 is 21.7 Å². The van der Waals surface area contributed by atoms with E-state index >= 15 is 0 Å². The second-order valence-electron chi connectivity index (χ2n) is 4.67. The highest BCUT2D eigenvalue weighted by Crippen LogP contribution is 2.24. The van der Waals surface area contributed by atoms with Crippen LogP contribution in [-0.2, 0) is 4.74 Å². The Hall–Kier alpha value is -0.810. The number of ether oxygens (including phenoxy) is 1. The smallest absolute Gasteiger partial charge is 0.168 e. The van der Waals surface area contributed by atoms with Crippen molar-refractivity contribution in [2.24, 2.45) is 0 Å². The average molecular weight is 333 g/mol. The molecule has 0 aliphatic carbocycles. The molecule has 1 aliphatic heterocycles. The van der Waals surface area contributed by atoms with Crippen molar-refractivity contribution in [2.45, 2.75) is 38.2 Å². The molecule has 1 aromatic carbocycles. The molecule has 1 fully saturated rings. The van der Waals surface area contributed by atoms with Crippen LogP contribution in [0.4, 0.5) is 8.78 Å². The first-order valence-corrected chi connectivity index (χ1v) is 7.17. The lowest BCUT2D eigenvalue weighted by atomic mass is 10.00. The largest absolute Gasteiger partial charge is 0.378 e. The minimum Gasteiger partial charge on any atom is -0.378 e. The SMILES string of the molecule is O=C(CCC1CCCCO1)c1c(F)ccc(Br)c1F. The zero-order valence-electron chi connectivity index (χ0n) is 10.4. The number of halogens is 3. The van der Waals surface area contributed by atoms with Crippen LogP contribution < -0.4 is 0 Å². The second kappa shape index (κ2) is 6.57. The molecular formula is C14H15BrF2O2. The summed E-state index contributed by atoms with van der Waals surface area (Å²) in [4.78, 5) is 11.9. The Balaban J connectivity index is 2.01. The van der Waals surface area contributed by atoms with Crippen molar-refractivity contribution in [3.05, 3.63) is 33.8 Å². The molecule has 1 heterocycles. The van der Waals surface area contributed by atoms with E-state index in [4.69, 9.17) is 4.74 Å². The van der Waals surface area contributed by atoms with E-state index in [0.29, 0.717) is 13.0 Å². The van der Waals surface area contributed by atoms with Gasteiger partial charge in [-0.05, 0) is 53.7 Å². The Morgan fingerprint density at radius 1 is 1.37 bits per heavy atom. The van der Waals surface area contributed by atoms with Crippen LogP contribution in [0.25, 0.3) is 0 Å². The van der Waals surface area contributed by atoms with Crippen molar-refractivity contribution in [2.75, 3.05) is 6.61 Å². The Bertz CT molecular complexity index is 471. The maximum absolute atomic E-state index is 13.7. The summed E-state index contributed by atoms with van der Waals surface area (Å²) in [7, 11) is 0. The van der Waals surface area contributed by atoms with Crippen molar-refractivity contribution in [1.29, 1.82) is 0 Å². The maximum atomic E-state index is 13.7. The number of Topliss-reactive ketones (excluding diaryl/α,β-unsaturated/α-hetero) is 1. The minimum absolute atomic E-state index is 0.0379. The predicted molar refractivity (Wildman–Crippen MR) is 71.2 cm³/mol. The lowest BCUT2D eigenvalue weighted by Crippen LogP contribution is -2.20. The Labute approximate surface area is 119 Å². The normalized spacial score (nSPS) is 19.4. The summed E-state index contributed by atoms with van der Waals surface area (Å²) in [5.74, 6) is -2.14. The Kier molecular flexibility index (Phi) is 5.05. The van der Waals surface area contributed by atoms with Crippen LogP contribution in [0.2, 0.25) is 0 Å². The monoisotopic (exact) mass is 332 g/mol. The summed E-state index contributed by atoms with van der Waals surface area (Å²) in [5.41, 5.74) is -0.454. The van der Waals surface area contributed by atoms with Gasteiger partial charge in [-0.2, -0.15) is 0 Å². The molecule has 0 amide bonds. The molecule has 2 nitrogen and oxygen atoms in total. The molecule has 1 aromatic rings. The van der Waals surface area contributed by atoms with Gasteiger partial charge in [-0.15, -0.1) is 0 Å². The fourth-order valence-corrected chi connectivity index (χ4v) is 2.57. The minimum atomic E-state index is -0.824. The van der Waals surface area contributed by atoms with Crippen LogP contribution in [0.1, 0.15) is 42.5 Å². The third kappa shape index (κ3) is 3.60. The summed E-state index contributed by atoms with van der Waals surface area (Å²) in [6.07, 6.45) is 3.70. The Morgan fingerprint density at radius 3 is 2.84 bits per heavy atom. The molecule has 0 saturated carbocycles. The number of ketones is 1. The summed E-state index contributed by atoms with van der Waals surface area (Å²) in [6, 6.07) is 2.35. The molecule has 1 saturated heterocycles. The van der Waals surface area contributed by atoms with E-state index in [1.54, 1.807) is 0 Å². The molecule has 1 aliphatic rings. The molecular weight excluding hydrogens is 318 g/mol. The summed E-state index contributed by atoms with van der Waals surface area (Å²) >= 11 is 2.96. The van der Waals surface area contributed by atoms with Gasteiger partial charge >= 0.3 is 0 Å². The highest BCUT2D eigenvalue weighted by molar-refractivity contribution is 9.10. The second-order valence-corrected chi connectivity index (χ2v) is 5.52. The highest BCUT2D eigenvalue weighted by Gasteiger charge is 2.21. The maximum Gasteiger partial charge on any atom is 0.168 e. The van der Waals surface area contributed by atoms with Crippen molar-refractivity contribution in [1.82, 2.24) is 0 Å². The fourth-order valence-electron chi connectivity index (χ4n) is 2.23. The third-order valence-electron chi connectivity index (χ3n) is 3.29. The number of benzene rings is 1. The van der Waals surface area contributed by atoms with Gasteiger partial charge < -0.3 is 4.74 Å². The van der Waals surface area contributed by atoms with Gasteiger partial charge in [0.1, 0.15) is 5.82 Å². The predicted octanol–water partition coefficient (Wildman–Crippen LogP) is 4.26. The van der Waals surface area contributed by atoms with E-state index in [0.717, 1.165) is 25.3 Å². The van der Waals surface area contributed by atoms with E-state index in [1.807, 2.05) is 0 Å². The number of hydrogen-bond donors (Lipinski definition) is 0. The molecule has 0 spiro atoms. The van der Waals surface area contributed by atoms with Crippen LogP contribution in [0.15, 0.2) is 16.6 Å². The topological polar surface area (TPSA) is 26.3 Å². The molecule has 2 rings (SSSR count). The standard InChI is InChI=1S/C14H15BrF2O2/c15-10-5-6-11(16)13(14(10)17)12(18)7-4-9-3-1-2-8-19-9/h5-6,9H,1-4,7-8H2. The number of rotatable bonds is 4. The average Bonchev–Trinajstić information content (AvgIpc) is 2.42. The third-order valence-corrected chi connectivity index (χ3v) is 3.90. The molecule has 1 atom stereocenters. The van der Waals surface area contributed by atoms with Gasteiger partial charge in [-0.1, -0.05) is 0 Å². The van der Waals surface area contributed by atoms with Gasteiger partial charge in [-0.3, -0.25) is 4.79 Å². The van der Waals surface area contributed by atoms with Gasteiger partial charge in [0.2, 0.25) is 0 Å². The van der Waals surface area contributed by atoms with Gasteiger partial charge in [0.25, 0.3) is 0 Å². The van der Waals surface area contributed by atoms with Crippen LogP contribution >= 0.6 is 15.9 Å². The quantitative estimate of drug-likeness (QED) is 0.608. The van der Waals surface area contributed by atoms with Crippen molar-refractivity contribution < 1.29 is 18.3 Å². The zero-order valence-corrected chi connectivity index (χ0v) is 12.0. The van der Waals surface area contributed by atoms with Crippen LogP contribution in [0.3, 0.4) is 0 Å². The molecule has 0 bridgehead atoms. The van der Waals surface area contributed by atoms with E-state index in [1.165, 1.54) is 6.07 Å². The van der Waals surface area contributed by atoms with Crippen LogP contribution in [0.5, 0.6) is 0 Å². The highest BCUT2D eigenvalue weighted by atomic mass is 79.9. The number of carbonyl (C=O) groups is 1. The summed E-state index contributed by atoms with van der Waals surface area (Å²) < 4.78 is 32.9. The van der Waals surface area contributed by atoms with Crippen LogP contribution in [-0.4, -0.2) is 18.5 Å². The first kappa shape index (κ1) is 14.6. The van der Waals surface area contributed by atoms with E-state index in [2.05, 4.69) is 15.9 Å². The molecule has 0 N–H and O–H groups in total. The van der Waals surface area contributed by atoms with Crippen molar-refractivity contribution in [3.63, 3.8) is 0 Å². The van der Waals surface area contributed by atoms with Crippen molar-refractivity contribution in [3.8, 4) is 0 Å². The molecule has 104 valence electrons. The van der Waals surface area contributed by atoms with E-state index in [9.17, 15) is 13.6 Å². The first-order chi connectivity index (χ1) is 9.09. The molecule has 0 aromatic heterocycles. The number of carbonyl (C=O) groups excluding carboxylic acids is 1. The van der Waals surface area contributed by atoms with E-state index < -0.39 is 23.0 Å². The molecule has 19 heavy (non-hydrogen) atoms. The summed E-state index contributed by atoms with van der Waals surface area (Å²) in [6.45, 7) is 0.707. The lowest BCUT2D eigenvalue weighted by molar-refractivity contribution is 0.0104. The van der Waals surface area contributed by atoms with Gasteiger partial charge in [0.05, 0.1) is 16.1 Å². The molecule has 0 radical (unpaired) electrons. The number of hydrogen-bond acceptors (Lipinski definition) is 2. The lowest BCUT2D eigenvalue weighted by Gasteiger charge is -2.22. The van der Waals surface area contributed by atoms with E-state index in [-0.39, 0.29) is 17.0 Å².